The Morgan fingerprint density at radius 1 is 1.29 bits per heavy atom. The number of carbonyl (C=O) groups is 2. The molecule has 3 aromatic heterocycles. The van der Waals surface area contributed by atoms with Crippen LogP contribution in [0.25, 0.3) is 21.7 Å². The van der Waals surface area contributed by atoms with Gasteiger partial charge in [0.05, 0.1) is 37.9 Å². The van der Waals surface area contributed by atoms with E-state index in [1.54, 1.807) is 36.1 Å². The zero-order valence-corrected chi connectivity index (χ0v) is 18.1. The molecule has 0 aliphatic carbocycles. The third kappa shape index (κ3) is 3.58. The van der Waals surface area contributed by atoms with Crippen LogP contribution >= 0.6 is 22.9 Å². The Morgan fingerprint density at radius 3 is 2.87 bits per heavy atom. The van der Waals surface area contributed by atoms with E-state index in [9.17, 15) is 9.59 Å². The van der Waals surface area contributed by atoms with Crippen LogP contribution in [0.4, 0.5) is 11.4 Å². The number of rotatable bonds is 4. The molecule has 4 aromatic rings. The Labute approximate surface area is 186 Å². The first-order valence-electron chi connectivity index (χ1n) is 9.73. The van der Waals surface area contributed by atoms with Gasteiger partial charge in [-0.25, -0.2) is 4.98 Å². The Morgan fingerprint density at radius 2 is 2.16 bits per heavy atom. The van der Waals surface area contributed by atoms with Crippen molar-refractivity contribution in [1.82, 2.24) is 10.1 Å². The summed E-state index contributed by atoms with van der Waals surface area (Å²) < 4.78 is 5.34. The average molecular weight is 453 g/mol. The molecular formula is C22H17ClN4O3S. The molecular weight excluding hydrogens is 436 g/mol. The maximum absolute atomic E-state index is 13.2. The quantitative estimate of drug-likeness (QED) is 0.454. The highest BCUT2D eigenvalue weighted by Gasteiger charge is 2.24. The van der Waals surface area contributed by atoms with E-state index in [4.69, 9.17) is 16.1 Å². The molecule has 1 aliphatic rings. The summed E-state index contributed by atoms with van der Waals surface area (Å²) in [4.78, 5) is 32.3. The number of aromatic nitrogens is 2. The van der Waals surface area contributed by atoms with Crippen LogP contribution < -0.4 is 10.2 Å². The smallest absolute Gasteiger partial charge is 0.259 e. The molecule has 0 atom stereocenters. The van der Waals surface area contributed by atoms with Crippen LogP contribution in [-0.2, 0) is 4.79 Å². The summed E-state index contributed by atoms with van der Waals surface area (Å²) >= 11 is 7.95. The van der Waals surface area contributed by atoms with Gasteiger partial charge in [-0.05, 0) is 49.1 Å². The highest BCUT2D eigenvalue weighted by molar-refractivity contribution is 7.13. The molecule has 2 amide bonds. The average Bonchev–Trinajstić information content (AvgIpc) is 3.50. The minimum absolute atomic E-state index is 0.0573. The number of nitrogens with zero attached hydrogens (tertiary/aromatic N) is 3. The first kappa shape index (κ1) is 19.7. The van der Waals surface area contributed by atoms with Gasteiger partial charge in [0.15, 0.2) is 0 Å². The molecule has 0 saturated carbocycles. The van der Waals surface area contributed by atoms with E-state index < -0.39 is 0 Å². The van der Waals surface area contributed by atoms with Gasteiger partial charge in [-0.3, -0.25) is 9.59 Å². The summed E-state index contributed by atoms with van der Waals surface area (Å²) in [5, 5.41) is 9.79. The second-order valence-electron chi connectivity index (χ2n) is 7.25. The lowest BCUT2D eigenvalue weighted by Crippen LogP contribution is -2.24. The summed E-state index contributed by atoms with van der Waals surface area (Å²) in [6.45, 7) is 2.42. The van der Waals surface area contributed by atoms with Crippen molar-refractivity contribution in [3.8, 4) is 10.6 Å². The minimum atomic E-state index is -0.322. The van der Waals surface area contributed by atoms with Crippen molar-refractivity contribution in [2.45, 2.75) is 19.8 Å². The molecule has 31 heavy (non-hydrogen) atoms. The van der Waals surface area contributed by atoms with Gasteiger partial charge in [0.1, 0.15) is 0 Å². The minimum Gasteiger partial charge on any atom is -0.335 e. The van der Waals surface area contributed by atoms with E-state index in [0.29, 0.717) is 57.4 Å². The van der Waals surface area contributed by atoms with Crippen molar-refractivity contribution in [1.29, 1.82) is 0 Å². The zero-order valence-electron chi connectivity index (χ0n) is 16.5. The number of benzene rings is 1. The van der Waals surface area contributed by atoms with Crippen molar-refractivity contribution < 1.29 is 14.1 Å². The Bertz CT molecular complexity index is 1320. The summed E-state index contributed by atoms with van der Waals surface area (Å²) in [7, 11) is 0. The molecule has 0 bridgehead atoms. The number of nitrogens with one attached hydrogen (secondary N) is 1. The van der Waals surface area contributed by atoms with E-state index in [1.807, 2.05) is 17.5 Å². The van der Waals surface area contributed by atoms with Crippen molar-refractivity contribution in [2.75, 3.05) is 16.8 Å². The van der Waals surface area contributed by atoms with E-state index in [0.717, 1.165) is 11.3 Å². The normalized spacial score (nSPS) is 13.9. The number of halogens is 1. The molecule has 1 aliphatic heterocycles. The fourth-order valence-corrected chi connectivity index (χ4v) is 4.70. The molecule has 7 nitrogen and oxygen atoms in total. The SMILES string of the molecule is Cc1noc2nc(-c3cccs3)cc(C(=O)Nc3ccc(N4CCCC4=O)c(Cl)c3)c12. The summed E-state index contributed by atoms with van der Waals surface area (Å²) in [6, 6.07) is 10.7. The number of fused-ring (bicyclic) bond motifs is 1. The van der Waals surface area contributed by atoms with Crippen LogP contribution in [0, 0.1) is 6.92 Å². The Hall–Kier alpha value is -3.23. The highest BCUT2D eigenvalue weighted by Crippen LogP contribution is 2.33. The molecule has 0 spiro atoms. The second-order valence-corrected chi connectivity index (χ2v) is 8.60. The number of thiophene rings is 1. The first-order valence-corrected chi connectivity index (χ1v) is 11.0. The largest absolute Gasteiger partial charge is 0.335 e. The van der Waals surface area contributed by atoms with Crippen molar-refractivity contribution in [3.63, 3.8) is 0 Å². The molecule has 1 aromatic carbocycles. The van der Waals surface area contributed by atoms with Crippen LogP contribution in [0.15, 0.2) is 46.3 Å². The van der Waals surface area contributed by atoms with Crippen LogP contribution in [0.3, 0.4) is 0 Å². The molecule has 9 heteroatoms. The number of amides is 2. The summed E-state index contributed by atoms with van der Waals surface area (Å²) in [6.07, 6.45) is 1.34. The Balaban J connectivity index is 1.48. The number of carbonyl (C=O) groups excluding carboxylic acids is 2. The molecule has 0 unspecified atom stereocenters. The third-order valence-corrected chi connectivity index (χ3v) is 6.40. The van der Waals surface area contributed by atoms with Gasteiger partial charge < -0.3 is 14.7 Å². The van der Waals surface area contributed by atoms with E-state index in [-0.39, 0.29) is 11.8 Å². The van der Waals surface area contributed by atoms with Gasteiger partial charge >= 0.3 is 0 Å². The monoisotopic (exact) mass is 452 g/mol. The van der Waals surface area contributed by atoms with E-state index >= 15 is 0 Å². The van der Waals surface area contributed by atoms with Crippen molar-refractivity contribution >= 4 is 57.2 Å². The van der Waals surface area contributed by atoms with Gasteiger partial charge in [-0.1, -0.05) is 22.8 Å². The van der Waals surface area contributed by atoms with E-state index in [2.05, 4.69) is 15.5 Å². The van der Waals surface area contributed by atoms with Gasteiger partial charge in [0.2, 0.25) is 5.91 Å². The van der Waals surface area contributed by atoms with Crippen molar-refractivity contribution in [2.24, 2.45) is 0 Å². The maximum Gasteiger partial charge on any atom is 0.259 e. The van der Waals surface area contributed by atoms with Gasteiger partial charge in [0.25, 0.3) is 11.6 Å². The lowest BCUT2D eigenvalue weighted by atomic mass is 10.1. The summed E-state index contributed by atoms with van der Waals surface area (Å²) in [5.74, 6) is -0.264. The predicted octanol–water partition coefficient (Wildman–Crippen LogP) is 5.29. The number of anilines is 2. The van der Waals surface area contributed by atoms with Crippen LogP contribution in [0.2, 0.25) is 5.02 Å². The lowest BCUT2D eigenvalue weighted by Gasteiger charge is -2.18. The van der Waals surface area contributed by atoms with Crippen LogP contribution in [-0.4, -0.2) is 28.5 Å². The number of hydrogen-bond donors (Lipinski definition) is 1. The van der Waals surface area contributed by atoms with E-state index in [1.165, 1.54) is 11.3 Å². The standard InChI is InChI=1S/C22H17ClN4O3S/c1-12-20-14(11-16(18-4-3-9-31-18)25-22(20)30-26-12)21(29)24-13-6-7-17(15(23)10-13)27-8-2-5-19(27)28/h3-4,6-7,9-11H,2,5,8H2,1H3,(H,24,29). The summed E-state index contributed by atoms with van der Waals surface area (Å²) in [5.41, 5.74) is 3.15. The van der Waals surface area contributed by atoms with Crippen LogP contribution in [0.1, 0.15) is 28.9 Å². The number of aryl methyl sites for hydroxylation is 1. The van der Waals surface area contributed by atoms with Crippen LogP contribution in [0.5, 0.6) is 0 Å². The molecule has 1 saturated heterocycles. The zero-order chi connectivity index (χ0) is 21.5. The fourth-order valence-electron chi connectivity index (χ4n) is 3.73. The highest BCUT2D eigenvalue weighted by atomic mass is 35.5. The molecule has 1 fully saturated rings. The number of pyridine rings is 1. The predicted molar refractivity (Wildman–Crippen MR) is 121 cm³/mol. The first-order chi connectivity index (χ1) is 15.0. The molecule has 1 N–H and O–H groups in total. The second kappa shape index (κ2) is 7.79. The van der Waals surface area contributed by atoms with Gasteiger partial charge in [-0.2, -0.15) is 0 Å². The fraction of sp³-hybridized carbons (Fsp3) is 0.182. The maximum atomic E-state index is 13.2. The Kier molecular flexibility index (Phi) is 4.95. The molecule has 0 radical (unpaired) electrons. The van der Waals surface area contributed by atoms with Gasteiger partial charge in [-0.15, -0.1) is 11.3 Å². The topological polar surface area (TPSA) is 88.3 Å². The molecule has 4 heterocycles. The van der Waals surface area contributed by atoms with Crippen molar-refractivity contribution in [3.05, 3.63) is 58.1 Å². The lowest BCUT2D eigenvalue weighted by molar-refractivity contribution is -0.117. The van der Waals surface area contributed by atoms with Gasteiger partial charge in [0, 0.05) is 18.7 Å². The molecule has 5 rings (SSSR count). The third-order valence-electron chi connectivity index (χ3n) is 5.21. The molecule has 156 valence electrons. The number of hydrogen-bond acceptors (Lipinski definition) is 6.